The molecule has 0 radical (unpaired) electrons. The van der Waals surface area contributed by atoms with E-state index in [1.54, 1.807) is 25.6 Å². The third kappa shape index (κ3) is 6.59. The Balaban J connectivity index is 2.49. The fourth-order valence-electron chi connectivity index (χ4n) is 1.44. The van der Waals surface area contributed by atoms with Gasteiger partial charge in [-0.3, -0.25) is 4.98 Å². The minimum atomic E-state index is -0.535. The molecule has 1 heterocycles. The molecule has 0 aliphatic rings. The van der Waals surface area contributed by atoms with E-state index in [-0.39, 0.29) is 23.8 Å². The highest BCUT2D eigenvalue weighted by atomic mass is 32.2. The zero-order chi connectivity index (χ0) is 16.4. The number of rotatable bonds is 8. The van der Waals surface area contributed by atoms with Crippen LogP contribution < -0.4 is 0 Å². The van der Waals surface area contributed by atoms with Crippen molar-refractivity contribution in [3.05, 3.63) is 29.6 Å². The third-order valence-corrected chi connectivity index (χ3v) is 3.32. The maximum absolute atomic E-state index is 11.9. The van der Waals surface area contributed by atoms with Crippen molar-refractivity contribution in [1.29, 1.82) is 5.26 Å². The molecule has 0 amide bonds. The van der Waals surface area contributed by atoms with Crippen molar-refractivity contribution < 1.29 is 19.1 Å². The van der Waals surface area contributed by atoms with Crippen LogP contribution in [0.25, 0.3) is 0 Å². The van der Waals surface area contributed by atoms with Crippen LogP contribution in [0.5, 0.6) is 0 Å². The summed E-state index contributed by atoms with van der Waals surface area (Å²) in [6.07, 6.45) is 2.92. The monoisotopic (exact) mass is 322 g/mol. The summed E-state index contributed by atoms with van der Waals surface area (Å²) >= 11 is 1.54. The molecule has 0 unspecified atom stereocenters. The Morgan fingerprint density at radius 1 is 1.27 bits per heavy atom. The topological polar surface area (TPSA) is 89.3 Å². The lowest BCUT2D eigenvalue weighted by molar-refractivity contribution is 0.0377. The van der Waals surface area contributed by atoms with E-state index in [0.717, 1.165) is 0 Å². The smallest absolute Gasteiger partial charge is 0.339 e. The van der Waals surface area contributed by atoms with E-state index in [1.807, 2.05) is 6.07 Å². The Morgan fingerprint density at radius 2 is 1.95 bits per heavy atom. The first-order chi connectivity index (χ1) is 10.5. The van der Waals surface area contributed by atoms with E-state index in [2.05, 4.69) is 4.98 Å². The Bertz CT molecular complexity index is 555. The molecule has 0 fully saturated rings. The van der Waals surface area contributed by atoms with Gasteiger partial charge in [0.25, 0.3) is 0 Å². The second-order valence-corrected chi connectivity index (χ2v) is 5.80. The highest BCUT2D eigenvalue weighted by molar-refractivity contribution is 7.99. The van der Waals surface area contributed by atoms with Crippen LogP contribution in [0.2, 0.25) is 0 Å². The van der Waals surface area contributed by atoms with Gasteiger partial charge in [0.1, 0.15) is 6.61 Å². The Labute approximate surface area is 133 Å². The van der Waals surface area contributed by atoms with Crippen molar-refractivity contribution in [2.24, 2.45) is 0 Å². The van der Waals surface area contributed by atoms with Gasteiger partial charge >= 0.3 is 11.9 Å². The Kier molecular flexibility index (Phi) is 8.00. The summed E-state index contributed by atoms with van der Waals surface area (Å²) in [5.74, 6) is 0.277. The Morgan fingerprint density at radius 3 is 2.59 bits per heavy atom. The fourth-order valence-corrected chi connectivity index (χ4v) is 2.08. The van der Waals surface area contributed by atoms with Gasteiger partial charge in [-0.25, -0.2) is 9.59 Å². The maximum Gasteiger partial charge on any atom is 0.339 e. The normalized spacial score (nSPS) is 10.1. The minimum absolute atomic E-state index is 0.209. The third-order valence-electron chi connectivity index (χ3n) is 2.37. The quantitative estimate of drug-likeness (QED) is 0.536. The summed E-state index contributed by atoms with van der Waals surface area (Å²) in [5.41, 5.74) is 0.423. The highest BCUT2D eigenvalue weighted by Gasteiger charge is 2.14. The summed E-state index contributed by atoms with van der Waals surface area (Å²) < 4.78 is 10.1. The van der Waals surface area contributed by atoms with Crippen molar-refractivity contribution in [3.8, 4) is 6.07 Å². The number of ether oxygens (including phenoxy) is 2. The fraction of sp³-hybridized carbons (Fsp3) is 0.467. The molecule has 1 rings (SSSR count). The zero-order valence-electron chi connectivity index (χ0n) is 12.6. The number of hydrogen-bond donors (Lipinski definition) is 0. The first-order valence-corrected chi connectivity index (χ1v) is 7.98. The van der Waals surface area contributed by atoms with Gasteiger partial charge in [-0.1, -0.05) is 0 Å². The summed E-state index contributed by atoms with van der Waals surface area (Å²) in [4.78, 5) is 27.5. The number of nitriles is 1. The second kappa shape index (κ2) is 9.79. The van der Waals surface area contributed by atoms with Crippen LogP contribution in [0, 0.1) is 11.3 Å². The van der Waals surface area contributed by atoms with Crippen LogP contribution in [0.3, 0.4) is 0 Å². The summed E-state index contributed by atoms with van der Waals surface area (Å²) in [5, 5.41) is 8.39. The summed E-state index contributed by atoms with van der Waals surface area (Å²) in [6, 6.07) is 3.45. The molecule has 1 aromatic heterocycles. The number of carbonyl (C=O) groups excluding carboxylic acids is 2. The van der Waals surface area contributed by atoms with Gasteiger partial charge in [0.2, 0.25) is 0 Å². The van der Waals surface area contributed by atoms with Crippen LogP contribution in [0.15, 0.2) is 18.5 Å². The first kappa shape index (κ1) is 18.0. The van der Waals surface area contributed by atoms with Gasteiger partial charge in [0.15, 0.2) is 0 Å². The number of thioether (sulfide) groups is 1. The first-order valence-electron chi connectivity index (χ1n) is 6.82. The minimum Gasteiger partial charge on any atom is -0.461 e. The van der Waals surface area contributed by atoms with Crippen LogP contribution >= 0.6 is 11.8 Å². The maximum atomic E-state index is 11.9. The average Bonchev–Trinajstić information content (AvgIpc) is 2.50. The lowest BCUT2D eigenvalue weighted by atomic mass is 10.2. The molecule has 22 heavy (non-hydrogen) atoms. The van der Waals surface area contributed by atoms with Crippen molar-refractivity contribution in [3.63, 3.8) is 0 Å². The van der Waals surface area contributed by atoms with E-state index in [4.69, 9.17) is 14.7 Å². The summed E-state index contributed by atoms with van der Waals surface area (Å²) in [7, 11) is 0. The van der Waals surface area contributed by atoms with Crippen LogP contribution in [-0.2, 0) is 9.47 Å². The second-order valence-electron chi connectivity index (χ2n) is 4.57. The predicted octanol–water partition coefficient (Wildman–Crippen LogP) is 2.45. The standard InChI is InChI=1S/C15H18N2O4S/c1-11(2)21-15(19)13-8-12(9-17-10-13)14(18)20-5-7-22-6-3-4-16/h8-11H,3,5-7H2,1-2H3. The number of pyridine rings is 1. The Hall–Kier alpha value is -2.07. The van der Waals surface area contributed by atoms with Crippen molar-refractivity contribution in [2.75, 3.05) is 18.1 Å². The van der Waals surface area contributed by atoms with Gasteiger partial charge in [-0.2, -0.15) is 17.0 Å². The van der Waals surface area contributed by atoms with Gasteiger partial charge in [-0.15, -0.1) is 0 Å². The molecule has 118 valence electrons. The molecule has 0 aliphatic carbocycles. The predicted molar refractivity (Wildman–Crippen MR) is 82.6 cm³/mol. The number of aromatic nitrogens is 1. The van der Waals surface area contributed by atoms with E-state index in [1.165, 1.54) is 18.5 Å². The molecule has 0 aliphatic heterocycles. The molecule has 7 heteroatoms. The van der Waals surface area contributed by atoms with Crippen molar-refractivity contribution in [1.82, 2.24) is 4.98 Å². The molecule has 1 aromatic rings. The molecular weight excluding hydrogens is 304 g/mol. The van der Waals surface area contributed by atoms with Crippen LogP contribution in [0.4, 0.5) is 0 Å². The van der Waals surface area contributed by atoms with Crippen molar-refractivity contribution in [2.45, 2.75) is 26.4 Å². The molecule has 0 saturated heterocycles. The van der Waals surface area contributed by atoms with E-state index >= 15 is 0 Å². The molecule has 6 nitrogen and oxygen atoms in total. The SMILES string of the molecule is CC(C)OC(=O)c1cncc(C(=O)OCCSCCC#N)c1. The zero-order valence-corrected chi connectivity index (χ0v) is 13.4. The van der Waals surface area contributed by atoms with Gasteiger partial charge in [0.05, 0.1) is 23.3 Å². The lowest BCUT2D eigenvalue weighted by Gasteiger charge is -2.08. The molecule has 0 bridgehead atoms. The molecular formula is C15H18N2O4S. The molecule has 0 spiro atoms. The molecule has 0 N–H and O–H groups in total. The van der Waals surface area contributed by atoms with Crippen molar-refractivity contribution >= 4 is 23.7 Å². The number of esters is 2. The summed E-state index contributed by atoms with van der Waals surface area (Å²) in [6.45, 7) is 3.73. The van der Waals surface area contributed by atoms with Gasteiger partial charge in [-0.05, 0) is 19.9 Å². The van der Waals surface area contributed by atoms with Crippen LogP contribution in [-0.4, -0.2) is 41.1 Å². The largest absolute Gasteiger partial charge is 0.461 e. The van der Waals surface area contributed by atoms with E-state index < -0.39 is 11.9 Å². The highest BCUT2D eigenvalue weighted by Crippen LogP contribution is 2.08. The van der Waals surface area contributed by atoms with E-state index in [9.17, 15) is 9.59 Å². The molecule has 0 saturated carbocycles. The lowest BCUT2D eigenvalue weighted by Crippen LogP contribution is -2.14. The van der Waals surface area contributed by atoms with E-state index in [0.29, 0.717) is 17.9 Å². The van der Waals surface area contributed by atoms with Gasteiger partial charge in [0, 0.05) is 30.3 Å². The number of carbonyl (C=O) groups is 2. The molecule has 0 aromatic carbocycles. The average molecular weight is 322 g/mol. The number of hydrogen-bond acceptors (Lipinski definition) is 7. The van der Waals surface area contributed by atoms with Gasteiger partial charge < -0.3 is 9.47 Å². The molecule has 0 atom stereocenters. The van der Waals surface area contributed by atoms with Crippen LogP contribution in [0.1, 0.15) is 41.0 Å². The number of nitrogens with zero attached hydrogens (tertiary/aromatic N) is 2.